The third-order valence-electron chi connectivity index (χ3n) is 3.59. The highest BCUT2D eigenvalue weighted by Gasteiger charge is 2.25. The maximum absolute atomic E-state index is 11.9. The summed E-state index contributed by atoms with van der Waals surface area (Å²) >= 11 is 1.44. The molecule has 1 aromatic rings. The average molecular weight is 295 g/mol. The van der Waals surface area contributed by atoms with Gasteiger partial charge in [0, 0.05) is 11.3 Å². The number of carboxylic acids is 1. The number of carbonyl (C=O) groups excluding carboxylic acids is 1. The first-order valence-corrected chi connectivity index (χ1v) is 7.98. The van der Waals surface area contributed by atoms with Crippen molar-refractivity contribution in [3.8, 4) is 0 Å². The number of aryl methyl sites for hydroxylation is 1. The summed E-state index contributed by atoms with van der Waals surface area (Å²) in [6.07, 6.45) is 5.15. The number of amides is 1. The van der Waals surface area contributed by atoms with Gasteiger partial charge >= 0.3 is 5.97 Å². The van der Waals surface area contributed by atoms with Gasteiger partial charge < -0.3 is 10.4 Å². The van der Waals surface area contributed by atoms with Gasteiger partial charge in [0.15, 0.2) is 0 Å². The molecule has 1 aliphatic rings. The maximum Gasteiger partial charge on any atom is 0.339 e. The normalized spacial score (nSPS) is 14.2. The molecular formula is C15H21NO3S. The fraction of sp³-hybridized carbons (Fsp3) is 0.600. The molecule has 110 valence electrons. The number of anilines is 1. The van der Waals surface area contributed by atoms with E-state index in [9.17, 15) is 14.7 Å². The van der Waals surface area contributed by atoms with Crippen LogP contribution in [0.2, 0.25) is 0 Å². The number of fused-ring (bicyclic) bond motifs is 1. The van der Waals surface area contributed by atoms with Gasteiger partial charge in [0.05, 0.1) is 5.56 Å². The van der Waals surface area contributed by atoms with Gasteiger partial charge in [0.2, 0.25) is 5.91 Å². The van der Waals surface area contributed by atoms with Crippen molar-refractivity contribution in [2.45, 2.75) is 52.4 Å². The van der Waals surface area contributed by atoms with Crippen LogP contribution in [-0.2, 0) is 17.6 Å². The van der Waals surface area contributed by atoms with E-state index < -0.39 is 5.97 Å². The van der Waals surface area contributed by atoms with E-state index in [-0.39, 0.29) is 5.91 Å². The number of nitrogens with one attached hydrogen (secondary N) is 1. The van der Waals surface area contributed by atoms with Gasteiger partial charge in [0.25, 0.3) is 0 Å². The molecule has 0 bridgehead atoms. The molecule has 0 saturated carbocycles. The summed E-state index contributed by atoms with van der Waals surface area (Å²) in [4.78, 5) is 24.5. The molecule has 5 heteroatoms. The molecule has 0 radical (unpaired) electrons. The third-order valence-corrected chi connectivity index (χ3v) is 4.79. The van der Waals surface area contributed by atoms with Gasteiger partial charge in [-0.25, -0.2) is 4.79 Å². The second-order valence-electron chi connectivity index (χ2n) is 5.70. The van der Waals surface area contributed by atoms with Crippen molar-refractivity contribution in [2.24, 2.45) is 5.92 Å². The standard InChI is InChI=1S/C15H21NO3S/c1-9(2)7-8-12(17)16-14-13(15(18)19)10-5-3-4-6-11(10)20-14/h9H,3-8H2,1-2H3,(H,16,17)(H,18,19). The summed E-state index contributed by atoms with van der Waals surface area (Å²) in [6, 6.07) is 0. The summed E-state index contributed by atoms with van der Waals surface area (Å²) in [5, 5.41) is 12.7. The Hall–Kier alpha value is -1.36. The molecule has 0 atom stereocenters. The zero-order valence-electron chi connectivity index (χ0n) is 12.0. The van der Waals surface area contributed by atoms with Crippen LogP contribution in [0.4, 0.5) is 5.00 Å². The number of rotatable bonds is 5. The Morgan fingerprint density at radius 2 is 2.00 bits per heavy atom. The van der Waals surface area contributed by atoms with E-state index in [0.717, 1.165) is 42.5 Å². The van der Waals surface area contributed by atoms with E-state index >= 15 is 0 Å². The summed E-state index contributed by atoms with van der Waals surface area (Å²) in [7, 11) is 0. The van der Waals surface area contributed by atoms with Gasteiger partial charge in [0.1, 0.15) is 5.00 Å². The van der Waals surface area contributed by atoms with Crippen molar-refractivity contribution in [1.82, 2.24) is 0 Å². The van der Waals surface area contributed by atoms with Gasteiger partial charge in [-0.1, -0.05) is 13.8 Å². The van der Waals surface area contributed by atoms with E-state index in [2.05, 4.69) is 19.2 Å². The van der Waals surface area contributed by atoms with Crippen molar-refractivity contribution in [2.75, 3.05) is 5.32 Å². The lowest BCUT2D eigenvalue weighted by molar-refractivity contribution is -0.116. The van der Waals surface area contributed by atoms with Crippen molar-refractivity contribution in [3.63, 3.8) is 0 Å². The highest BCUT2D eigenvalue weighted by atomic mass is 32.1. The van der Waals surface area contributed by atoms with E-state index in [0.29, 0.717) is 22.9 Å². The van der Waals surface area contributed by atoms with Crippen LogP contribution >= 0.6 is 11.3 Å². The van der Waals surface area contributed by atoms with E-state index in [1.54, 1.807) is 0 Å². The van der Waals surface area contributed by atoms with Crippen LogP contribution in [0.5, 0.6) is 0 Å². The number of hydrogen-bond acceptors (Lipinski definition) is 3. The SMILES string of the molecule is CC(C)CCC(=O)Nc1sc2c(c1C(=O)O)CCCC2. The largest absolute Gasteiger partial charge is 0.478 e. The first-order chi connectivity index (χ1) is 9.49. The van der Waals surface area contributed by atoms with Gasteiger partial charge in [-0.3, -0.25) is 4.79 Å². The first-order valence-electron chi connectivity index (χ1n) is 7.16. The van der Waals surface area contributed by atoms with E-state index in [1.807, 2.05) is 0 Å². The number of hydrogen-bond donors (Lipinski definition) is 2. The molecule has 2 N–H and O–H groups in total. The number of aromatic carboxylic acids is 1. The van der Waals surface area contributed by atoms with Gasteiger partial charge in [-0.2, -0.15) is 0 Å². The number of carbonyl (C=O) groups is 2. The van der Waals surface area contributed by atoms with Gasteiger partial charge in [-0.05, 0) is 43.6 Å². The Morgan fingerprint density at radius 1 is 1.30 bits per heavy atom. The molecule has 0 spiro atoms. The molecule has 1 amide bonds. The molecule has 0 aliphatic heterocycles. The molecule has 1 aliphatic carbocycles. The van der Waals surface area contributed by atoms with Crippen LogP contribution in [0.1, 0.15) is 60.3 Å². The zero-order valence-corrected chi connectivity index (χ0v) is 12.8. The van der Waals surface area contributed by atoms with Crippen LogP contribution in [0.15, 0.2) is 0 Å². The monoisotopic (exact) mass is 295 g/mol. The average Bonchev–Trinajstić information content (AvgIpc) is 2.74. The first kappa shape index (κ1) is 15.0. The molecule has 0 saturated heterocycles. The Balaban J connectivity index is 2.17. The molecule has 0 aromatic carbocycles. The van der Waals surface area contributed by atoms with Crippen LogP contribution in [0.25, 0.3) is 0 Å². The van der Waals surface area contributed by atoms with Crippen LogP contribution < -0.4 is 5.32 Å². The second-order valence-corrected chi connectivity index (χ2v) is 6.81. The minimum absolute atomic E-state index is 0.0835. The fourth-order valence-electron chi connectivity index (χ4n) is 2.49. The maximum atomic E-state index is 11.9. The zero-order chi connectivity index (χ0) is 14.7. The smallest absolute Gasteiger partial charge is 0.339 e. The summed E-state index contributed by atoms with van der Waals surface area (Å²) in [5.74, 6) is -0.542. The van der Waals surface area contributed by atoms with Crippen LogP contribution in [0.3, 0.4) is 0 Å². The third kappa shape index (κ3) is 3.39. The molecule has 1 aromatic heterocycles. The summed E-state index contributed by atoms with van der Waals surface area (Å²) in [5.41, 5.74) is 1.26. The topological polar surface area (TPSA) is 66.4 Å². The van der Waals surface area contributed by atoms with E-state index in [4.69, 9.17) is 0 Å². The van der Waals surface area contributed by atoms with Crippen LogP contribution in [0, 0.1) is 5.92 Å². The predicted molar refractivity (Wildman–Crippen MR) is 80.6 cm³/mol. The fourth-order valence-corrected chi connectivity index (χ4v) is 3.79. The Kier molecular flexibility index (Phi) is 4.81. The quantitative estimate of drug-likeness (QED) is 0.870. The predicted octanol–water partition coefficient (Wildman–Crippen LogP) is 3.70. The highest BCUT2D eigenvalue weighted by molar-refractivity contribution is 7.17. The molecule has 0 fully saturated rings. The van der Waals surface area contributed by atoms with E-state index in [1.165, 1.54) is 11.3 Å². The molecule has 4 nitrogen and oxygen atoms in total. The number of thiophene rings is 1. The molecule has 20 heavy (non-hydrogen) atoms. The summed E-state index contributed by atoms with van der Waals surface area (Å²) < 4.78 is 0. The molecule has 0 unspecified atom stereocenters. The molecule has 1 heterocycles. The minimum Gasteiger partial charge on any atom is -0.478 e. The Labute approximate surface area is 123 Å². The van der Waals surface area contributed by atoms with Gasteiger partial charge in [-0.15, -0.1) is 11.3 Å². The van der Waals surface area contributed by atoms with Crippen molar-refractivity contribution in [3.05, 3.63) is 16.0 Å². The van der Waals surface area contributed by atoms with Crippen molar-refractivity contribution in [1.29, 1.82) is 0 Å². The Morgan fingerprint density at radius 3 is 2.65 bits per heavy atom. The van der Waals surface area contributed by atoms with Crippen molar-refractivity contribution >= 4 is 28.2 Å². The minimum atomic E-state index is -0.927. The lowest BCUT2D eigenvalue weighted by Gasteiger charge is -2.10. The summed E-state index contributed by atoms with van der Waals surface area (Å²) in [6.45, 7) is 4.14. The second kappa shape index (κ2) is 6.39. The molecular weight excluding hydrogens is 274 g/mol. The lowest BCUT2D eigenvalue weighted by atomic mass is 9.95. The number of carboxylic acid groups (broad SMARTS) is 1. The van der Waals surface area contributed by atoms with Crippen molar-refractivity contribution < 1.29 is 14.7 Å². The Bertz CT molecular complexity index is 519. The highest BCUT2D eigenvalue weighted by Crippen LogP contribution is 2.38. The molecule has 2 rings (SSSR count). The lowest BCUT2D eigenvalue weighted by Crippen LogP contribution is -2.14. The van der Waals surface area contributed by atoms with Crippen LogP contribution in [-0.4, -0.2) is 17.0 Å².